The number of anilines is 1. The van der Waals surface area contributed by atoms with E-state index in [9.17, 15) is 13.2 Å². The van der Waals surface area contributed by atoms with Gasteiger partial charge in [-0.15, -0.1) is 0 Å². The lowest BCUT2D eigenvalue weighted by molar-refractivity contribution is 0.0998. The fourth-order valence-electron chi connectivity index (χ4n) is 3.43. The van der Waals surface area contributed by atoms with Gasteiger partial charge in [0.1, 0.15) is 5.58 Å². The van der Waals surface area contributed by atoms with Gasteiger partial charge in [-0.3, -0.25) is 4.79 Å². The first-order valence-electron chi connectivity index (χ1n) is 8.68. The lowest BCUT2D eigenvalue weighted by Gasteiger charge is -2.12. The SMILES string of the molecule is O=C(Nc1cccc(S(=O)(=O)C2CCCC2)c1)c1cc2ccccc2o1. The molecule has 2 aromatic carbocycles. The van der Waals surface area contributed by atoms with Gasteiger partial charge in [0.2, 0.25) is 0 Å². The van der Waals surface area contributed by atoms with E-state index in [0.717, 1.165) is 18.2 Å². The minimum Gasteiger partial charge on any atom is -0.451 e. The predicted molar refractivity (Wildman–Crippen MR) is 100 cm³/mol. The highest BCUT2D eigenvalue weighted by Crippen LogP contribution is 2.30. The summed E-state index contributed by atoms with van der Waals surface area (Å²) in [5, 5.41) is 3.25. The summed E-state index contributed by atoms with van der Waals surface area (Å²) in [4.78, 5) is 12.7. The van der Waals surface area contributed by atoms with Gasteiger partial charge in [-0.25, -0.2) is 8.42 Å². The van der Waals surface area contributed by atoms with Crippen LogP contribution in [0, 0.1) is 0 Å². The molecule has 6 heteroatoms. The van der Waals surface area contributed by atoms with Gasteiger partial charge in [0.05, 0.1) is 10.1 Å². The van der Waals surface area contributed by atoms with Crippen LogP contribution in [0.15, 0.2) is 63.9 Å². The number of benzene rings is 2. The molecule has 1 aliphatic carbocycles. The molecule has 1 saturated carbocycles. The molecule has 134 valence electrons. The Hall–Kier alpha value is -2.60. The van der Waals surface area contributed by atoms with Crippen molar-refractivity contribution >= 4 is 32.4 Å². The van der Waals surface area contributed by atoms with E-state index in [2.05, 4.69) is 5.32 Å². The van der Waals surface area contributed by atoms with Crippen LogP contribution >= 0.6 is 0 Å². The molecule has 1 heterocycles. The summed E-state index contributed by atoms with van der Waals surface area (Å²) in [5.74, 6) is -0.216. The molecule has 26 heavy (non-hydrogen) atoms. The molecule has 0 bridgehead atoms. The predicted octanol–water partition coefficient (Wildman–Crippen LogP) is 4.40. The average Bonchev–Trinajstić information content (AvgIpc) is 3.32. The van der Waals surface area contributed by atoms with Crippen LogP contribution in [0.3, 0.4) is 0 Å². The lowest BCUT2D eigenvalue weighted by Crippen LogP contribution is -2.18. The smallest absolute Gasteiger partial charge is 0.291 e. The van der Waals surface area contributed by atoms with Crippen LogP contribution in [-0.2, 0) is 9.84 Å². The highest BCUT2D eigenvalue weighted by atomic mass is 32.2. The Bertz CT molecular complexity index is 1030. The third kappa shape index (κ3) is 3.12. The van der Waals surface area contributed by atoms with E-state index in [1.807, 2.05) is 18.2 Å². The lowest BCUT2D eigenvalue weighted by atomic mass is 10.2. The van der Waals surface area contributed by atoms with Crippen molar-refractivity contribution in [2.75, 3.05) is 5.32 Å². The van der Waals surface area contributed by atoms with Gasteiger partial charge >= 0.3 is 0 Å². The van der Waals surface area contributed by atoms with E-state index in [-0.39, 0.29) is 15.9 Å². The summed E-state index contributed by atoms with van der Waals surface area (Å²) in [5.41, 5.74) is 1.07. The van der Waals surface area contributed by atoms with E-state index in [1.54, 1.807) is 30.3 Å². The maximum Gasteiger partial charge on any atom is 0.291 e. The number of para-hydroxylation sites is 1. The van der Waals surface area contributed by atoms with E-state index in [1.165, 1.54) is 6.07 Å². The number of hydrogen-bond acceptors (Lipinski definition) is 4. The highest BCUT2D eigenvalue weighted by molar-refractivity contribution is 7.92. The minimum atomic E-state index is -3.36. The van der Waals surface area contributed by atoms with E-state index >= 15 is 0 Å². The van der Waals surface area contributed by atoms with Crippen LogP contribution in [0.4, 0.5) is 5.69 Å². The fourth-order valence-corrected chi connectivity index (χ4v) is 5.33. The monoisotopic (exact) mass is 369 g/mol. The first-order valence-corrected chi connectivity index (χ1v) is 10.2. The average molecular weight is 369 g/mol. The molecule has 0 saturated heterocycles. The second kappa shape index (κ2) is 6.61. The second-order valence-electron chi connectivity index (χ2n) is 6.58. The van der Waals surface area contributed by atoms with Gasteiger partial charge in [0, 0.05) is 11.1 Å². The van der Waals surface area contributed by atoms with Gasteiger partial charge in [-0.1, -0.05) is 37.1 Å². The molecule has 1 N–H and O–H groups in total. The molecule has 1 amide bonds. The summed E-state index contributed by atoms with van der Waals surface area (Å²) in [7, 11) is -3.36. The van der Waals surface area contributed by atoms with Crippen LogP contribution in [0.1, 0.15) is 36.2 Å². The fraction of sp³-hybridized carbons (Fsp3) is 0.250. The zero-order valence-corrected chi connectivity index (χ0v) is 15.0. The Morgan fingerprint density at radius 1 is 1.00 bits per heavy atom. The van der Waals surface area contributed by atoms with Crippen molar-refractivity contribution in [2.24, 2.45) is 0 Å². The van der Waals surface area contributed by atoms with E-state index < -0.39 is 15.7 Å². The van der Waals surface area contributed by atoms with Crippen LogP contribution < -0.4 is 5.32 Å². The summed E-state index contributed by atoms with van der Waals surface area (Å²) >= 11 is 0. The molecule has 1 aromatic heterocycles. The Morgan fingerprint density at radius 3 is 2.54 bits per heavy atom. The first-order chi connectivity index (χ1) is 12.5. The molecule has 0 atom stereocenters. The highest BCUT2D eigenvalue weighted by Gasteiger charge is 2.30. The topological polar surface area (TPSA) is 76.4 Å². The normalized spacial score (nSPS) is 15.4. The van der Waals surface area contributed by atoms with Crippen molar-refractivity contribution in [3.8, 4) is 0 Å². The van der Waals surface area contributed by atoms with Crippen molar-refractivity contribution < 1.29 is 17.6 Å². The number of sulfone groups is 1. The number of hydrogen-bond donors (Lipinski definition) is 1. The molecular formula is C20H19NO4S. The van der Waals surface area contributed by atoms with Gasteiger partial charge in [-0.05, 0) is 43.2 Å². The summed E-state index contributed by atoms with van der Waals surface area (Å²) in [6.07, 6.45) is 3.31. The first kappa shape index (κ1) is 16.8. The molecule has 0 spiro atoms. The zero-order chi connectivity index (χ0) is 18.1. The molecule has 1 aliphatic rings. The Labute approximate surface area is 151 Å². The van der Waals surface area contributed by atoms with Crippen molar-refractivity contribution in [3.63, 3.8) is 0 Å². The van der Waals surface area contributed by atoms with Crippen molar-refractivity contribution in [2.45, 2.75) is 35.8 Å². The molecule has 3 aromatic rings. The quantitative estimate of drug-likeness (QED) is 0.739. The molecule has 0 radical (unpaired) electrons. The van der Waals surface area contributed by atoms with Crippen LogP contribution in [-0.4, -0.2) is 19.6 Å². The van der Waals surface area contributed by atoms with Gasteiger partial charge in [0.15, 0.2) is 15.6 Å². The van der Waals surface area contributed by atoms with Crippen LogP contribution in [0.5, 0.6) is 0 Å². The third-order valence-corrected chi connectivity index (χ3v) is 7.07. The Morgan fingerprint density at radius 2 is 1.77 bits per heavy atom. The minimum absolute atomic E-state index is 0.190. The summed E-state index contributed by atoms with van der Waals surface area (Å²) < 4.78 is 31.0. The molecule has 0 aliphatic heterocycles. The molecular weight excluding hydrogens is 350 g/mol. The molecule has 0 unspecified atom stereocenters. The van der Waals surface area contributed by atoms with Crippen molar-refractivity contribution in [1.29, 1.82) is 0 Å². The summed E-state index contributed by atoms with van der Waals surface area (Å²) in [6.45, 7) is 0. The van der Waals surface area contributed by atoms with Gasteiger partial charge in [0.25, 0.3) is 5.91 Å². The standard InChI is InChI=1S/C20H19NO4S/c22-20(19-12-14-6-1-4-11-18(14)25-19)21-15-7-5-10-17(13-15)26(23,24)16-8-2-3-9-16/h1,4-7,10-13,16H,2-3,8-9H2,(H,21,22). The number of fused-ring (bicyclic) bond motifs is 1. The number of furan rings is 1. The van der Waals surface area contributed by atoms with Crippen molar-refractivity contribution in [3.05, 3.63) is 60.4 Å². The number of carbonyl (C=O) groups excluding carboxylic acids is 1. The van der Waals surface area contributed by atoms with Gasteiger partial charge < -0.3 is 9.73 Å². The maximum absolute atomic E-state index is 12.7. The van der Waals surface area contributed by atoms with Crippen LogP contribution in [0.25, 0.3) is 11.0 Å². The van der Waals surface area contributed by atoms with E-state index in [4.69, 9.17) is 4.42 Å². The number of carbonyl (C=O) groups is 1. The van der Waals surface area contributed by atoms with E-state index in [0.29, 0.717) is 24.1 Å². The number of rotatable bonds is 4. The third-order valence-electron chi connectivity index (χ3n) is 4.81. The molecule has 4 rings (SSSR count). The maximum atomic E-state index is 12.7. The number of amides is 1. The number of nitrogens with one attached hydrogen (secondary N) is 1. The summed E-state index contributed by atoms with van der Waals surface area (Å²) in [6, 6.07) is 15.5. The molecule has 5 nitrogen and oxygen atoms in total. The zero-order valence-electron chi connectivity index (χ0n) is 14.1. The largest absolute Gasteiger partial charge is 0.451 e. The van der Waals surface area contributed by atoms with Gasteiger partial charge in [-0.2, -0.15) is 0 Å². The van der Waals surface area contributed by atoms with Crippen molar-refractivity contribution in [1.82, 2.24) is 0 Å². The second-order valence-corrected chi connectivity index (χ2v) is 8.81. The molecule has 1 fully saturated rings. The Kier molecular flexibility index (Phi) is 4.28. The Balaban J connectivity index is 1.57. The van der Waals surface area contributed by atoms with Crippen LogP contribution in [0.2, 0.25) is 0 Å².